The van der Waals surface area contributed by atoms with Gasteiger partial charge >= 0.3 is 0 Å². The van der Waals surface area contributed by atoms with Crippen molar-refractivity contribution in [3.8, 4) is 11.4 Å². The molecule has 152 valence electrons. The molecule has 1 heterocycles. The van der Waals surface area contributed by atoms with Gasteiger partial charge in [0, 0.05) is 29.1 Å². The zero-order valence-electron chi connectivity index (χ0n) is 16.3. The fourth-order valence-electron chi connectivity index (χ4n) is 3.62. The summed E-state index contributed by atoms with van der Waals surface area (Å²) < 4.78 is 20.0. The van der Waals surface area contributed by atoms with Crippen LogP contribution in [-0.2, 0) is 6.42 Å². The Morgan fingerprint density at radius 2 is 1.83 bits per heavy atom. The van der Waals surface area contributed by atoms with Gasteiger partial charge in [-0.05, 0) is 61.4 Å². The van der Waals surface area contributed by atoms with Crippen LogP contribution in [0.5, 0.6) is 5.75 Å². The number of nitrogens with zero attached hydrogens (tertiary/aromatic N) is 1. The average Bonchev–Trinajstić information content (AvgIpc) is 2.74. The molecule has 0 fully saturated rings. The maximum Gasteiger partial charge on any atom is 0.268 e. The van der Waals surface area contributed by atoms with Crippen LogP contribution in [0.1, 0.15) is 39.3 Å². The average molecular weight is 406 g/mol. The van der Waals surface area contributed by atoms with Gasteiger partial charge in [0.2, 0.25) is 0 Å². The van der Waals surface area contributed by atoms with Gasteiger partial charge in [0.25, 0.3) is 11.5 Å². The SMILES string of the molecule is COc1ccc(-n2c3c(cc(C(=O)Nc4cccc(F)c4)c2=O)C(=O)CCC3)cc1. The molecular formula is C23H19FN2O4. The van der Waals surface area contributed by atoms with Gasteiger partial charge in [-0.2, -0.15) is 0 Å². The number of benzene rings is 2. The lowest BCUT2D eigenvalue weighted by Gasteiger charge is -2.21. The summed E-state index contributed by atoms with van der Waals surface area (Å²) in [5.41, 5.74) is 0.989. The first-order valence-electron chi connectivity index (χ1n) is 9.51. The van der Waals surface area contributed by atoms with Crippen LogP contribution in [0, 0.1) is 5.82 Å². The van der Waals surface area contributed by atoms with E-state index < -0.39 is 17.3 Å². The minimum Gasteiger partial charge on any atom is -0.497 e. The monoisotopic (exact) mass is 406 g/mol. The fraction of sp³-hybridized carbons (Fsp3) is 0.174. The van der Waals surface area contributed by atoms with Crippen LogP contribution in [0.4, 0.5) is 10.1 Å². The highest BCUT2D eigenvalue weighted by atomic mass is 19.1. The maximum absolute atomic E-state index is 13.5. The van der Waals surface area contributed by atoms with Crippen LogP contribution < -0.4 is 15.6 Å². The van der Waals surface area contributed by atoms with Crippen molar-refractivity contribution in [2.45, 2.75) is 19.3 Å². The van der Waals surface area contributed by atoms with Gasteiger partial charge in [0.15, 0.2) is 5.78 Å². The normalized spacial score (nSPS) is 12.9. The van der Waals surface area contributed by atoms with Crippen LogP contribution in [0.2, 0.25) is 0 Å². The molecule has 1 N–H and O–H groups in total. The number of aromatic nitrogens is 1. The molecule has 6 nitrogen and oxygen atoms in total. The highest BCUT2D eigenvalue weighted by Crippen LogP contribution is 2.25. The largest absolute Gasteiger partial charge is 0.497 e. The third-order valence-electron chi connectivity index (χ3n) is 5.08. The number of methoxy groups -OCH3 is 1. The number of hydrogen-bond acceptors (Lipinski definition) is 4. The zero-order chi connectivity index (χ0) is 21.3. The maximum atomic E-state index is 13.5. The van der Waals surface area contributed by atoms with Crippen LogP contribution in [0.25, 0.3) is 5.69 Å². The van der Waals surface area contributed by atoms with Gasteiger partial charge in [-0.25, -0.2) is 4.39 Å². The number of ether oxygens (including phenoxy) is 1. The Hall–Kier alpha value is -3.74. The van der Waals surface area contributed by atoms with Crippen molar-refractivity contribution in [2.75, 3.05) is 12.4 Å². The van der Waals surface area contributed by atoms with Gasteiger partial charge in [-0.1, -0.05) is 6.07 Å². The van der Waals surface area contributed by atoms with Crippen molar-refractivity contribution < 1.29 is 18.7 Å². The van der Waals surface area contributed by atoms with Crippen LogP contribution in [-0.4, -0.2) is 23.4 Å². The lowest BCUT2D eigenvalue weighted by atomic mass is 9.92. The third kappa shape index (κ3) is 3.61. The number of ketones is 1. The molecule has 0 spiro atoms. The van der Waals surface area contributed by atoms with E-state index in [1.54, 1.807) is 31.4 Å². The number of fused-ring (bicyclic) bond motifs is 1. The molecule has 1 amide bonds. The summed E-state index contributed by atoms with van der Waals surface area (Å²) in [6.07, 6.45) is 1.54. The number of amides is 1. The molecule has 7 heteroatoms. The number of hydrogen-bond donors (Lipinski definition) is 1. The number of carbonyl (C=O) groups excluding carboxylic acids is 2. The number of rotatable bonds is 4. The first-order valence-corrected chi connectivity index (χ1v) is 9.51. The predicted octanol–water partition coefficient (Wildman–Crippen LogP) is 3.76. The molecule has 1 aliphatic rings. The van der Waals surface area contributed by atoms with Crippen molar-refractivity contribution >= 4 is 17.4 Å². The highest BCUT2D eigenvalue weighted by Gasteiger charge is 2.26. The number of Topliss-reactive ketones (excluding diaryl/α,β-unsaturated/α-hetero) is 1. The smallest absolute Gasteiger partial charge is 0.268 e. The molecule has 30 heavy (non-hydrogen) atoms. The van der Waals surface area contributed by atoms with Crippen LogP contribution in [0.15, 0.2) is 59.4 Å². The minimum atomic E-state index is -0.700. The van der Waals surface area contributed by atoms with Crippen LogP contribution in [0.3, 0.4) is 0 Å². The summed E-state index contributed by atoms with van der Waals surface area (Å²) in [6, 6.07) is 13.6. The van der Waals surface area contributed by atoms with Crippen molar-refractivity contribution in [2.24, 2.45) is 0 Å². The molecule has 0 atom stereocenters. The van der Waals surface area contributed by atoms with Gasteiger partial charge in [0.05, 0.1) is 7.11 Å². The molecular weight excluding hydrogens is 387 g/mol. The van der Waals surface area contributed by atoms with E-state index in [4.69, 9.17) is 4.74 Å². The molecule has 0 unspecified atom stereocenters. The number of carbonyl (C=O) groups is 2. The fourth-order valence-corrected chi connectivity index (χ4v) is 3.62. The molecule has 3 aromatic rings. The minimum absolute atomic E-state index is 0.113. The van der Waals surface area contributed by atoms with Crippen molar-refractivity contribution in [1.82, 2.24) is 4.57 Å². The zero-order valence-corrected chi connectivity index (χ0v) is 16.3. The van der Waals surface area contributed by atoms with Crippen LogP contribution >= 0.6 is 0 Å². The standard InChI is InChI=1S/C23H19FN2O4/c1-30-17-10-8-16(9-11-17)26-20-6-3-7-21(27)18(20)13-19(23(26)29)22(28)25-15-5-2-4-14(24)12-15/h2,4-5,8-13H,3,6-7H2,1H3,(H,25,28). The molecule has 2 aromatic carbocycles. The number of nitrogens with one attached hydrogen (secondary N) is 1. The van der Waals surface area contributed by atoms with E-state index in [0.717, 1.165) is 6.07 Å². The van der Waals surface area contributed by atoms with Gasteiger partial charge in [-0.3, -0.25) is 19.0 Å². The molecule has 0 aliphatic heterocycles. The first kappa shape index (κ1) is 19.6. The molecule has 1 aliphatic carbocycles. The third-order valence-corrected chi connectivity index (χ3v) is 5.08. The Labute approximate surface area is 171 Å². The highest BCUT2D eigenvalue weighted by molar-refractivity contribution is 6.06. The van der Waals surface area contributed by atoms with Gasteiger partial charge < -0.3 is 10.1 Å². The second-order valence-corrected chi connectivity index (χ2v) is 7.00. The van der Waals surface area contributed by atoms with E-state index >= 15 is 0 Å². The van der Waals surface area contributed by atoms with E-state index in [0.29, 0.717) is 42.0 Å². The molecule has 4 rings (SSSR count). The molecule has 0 saturated heterocycles. The molecule has 0 radical (unpaired) electrons. The molecule has 1 aromatic heterocycles. The summed E-state index contributed by atoms with van der Waals surface area (Å²) in [7, 11) is 1.54. The van der Waals surface area contributed by atoms with Gasteiger partial charge in [-0.15, -0.1) is 0 Å². The van der Waals surface area contributed by atoms with Crippen molar-refractivity contribution in [3.05, 3.63) is 87.6 Å². The summed E-state index contributed by atoms with van der Waals surface area (Å²) in [5.74, 6) is -0.701. The van der Waals surface area contributed by atoms with E-state index in [2.05, 4.69) is 5.32 Å². The van der Waals surface area contributed by atoms with Gasteiger partial charge in [0.1, 0.15) is 17.1 Å². The Bertz CT molecular complexity index is 1200. The topological polar surface area (TPSA) is 77.4 Å². The summed E-state index contributed by atoms with van der Waals surface area (Å²) in [5, 5.41) is 2.53. The number of halogens is 1. The molecule has 0 bridgehead atoms. The Balaban J connectivity index is 1.85. The number of anilines is 1. The van der Waals surface area contributed by atoms with E-state index in [9.17, 15) is 18.8 Å². The predicted molar refractivity (Wildman–Crippen MR) is 110 cm³/mol. The Morgan fingerprint density at radius 1 is 1.07 bits per heavy atom. The van der Waals surface area contributed by atoms with E-state index in [1.807, 2.05) is 0 Å². The van der Waals surface area contributed by atoms with E-state index in [-0.39, 0.29) is 17.0 Å². The van der Waals surface area contributed by atoms with E-state index in [1.165, 1.54) is 28.8 Å². The molecule has 0 saturated carbocycles. The van der Waals surface area contributed by atoms with Crippen molar-refractivity contribution in [1.29, 1.82) is 0 Å². The van der Waals surface area contributed by atoms with Crippen molar-refractivity contribution in [3.63, 3.8) is 0 Å². The first-order chi connectivity index (χ1) is 14.5. The Kier molecular flexibility index (Phi) is 5.18. The summed E-state index contributed by atoms with van der Waals surface area (Å²) >= 11 is 0. The number of pyridine rings is 1. The lowest BCUT2D eigenvalue weighted by molar-refractivity contribution is 0.0971. The summed E-state index contributed by atoms with van der Waals surface area (Å²) in [6.45, 7) is 0. The summed E-state index contributed by atoms with van der Waals surface area (Å²) in [4.78, 5) is 38.7. The quantitative estimate of drug-likeness (QED) is 0.716. The lowest BCUT2D eigenvalue weighted by Crippen LogP contribution is -2.33. The second kappa shape index (κ2) is 7.94. The Morgan fingerprint density at radius 3 is 2.53 bits per heavy atom. The second-order valence-electron chi connectivity index (χ2n) is 7.00.